The van der Waals surface area contributed by atoms with Crippen molar-refractivity contribution in [3.8, 4) is 0 Å². The van der Waals surface area contributed by atoms with Crippen LogP contribution >= 0.6 is 11.3 Å². The lowest BCUT2D eigenvalue weighted by molar-refractivity contribution is 0.318. The van der Waals surface area contributed by atoms with Crippen LogP contribution in [0.2, 0.25) is 0 Å². The van der Waals surface area contributed by atoms with Crippen molar-refractivity contribution < 1.29 is 5.21 Å². The van der Waals surface area contributed by atoms with Gasteiger partial charge in [-0.05, 0) is 30.0 Å². The predicted molar refractivity (Wildman–Crippen MR) is 82.5 cm³/mol. The lowest BCUT2D eigenvalue weighted by atomic mass is 10.1. The number of rotatable bonds is 4. The van der Waals surface area contributed by atoms with Gasteiger partial charge in [0.25, 0.3) is 0 Å². The van der Waals surface area contributed by atoms with Crippen LogP contribution in [0, 0.1) is 0 Å². The van der Waals surface area contributed by atoms with Crippen molar-refractivity contribution in [3.05, 3.63) is 58.4 Å². The maximum Gasteiger partial charge on any atom is 0.170 e. The Morgan fingerprint density at radius 1 is 1.25 bits per heavy atom. The third kappa shape index (κ3) is 2.28. The lowest BCUT2D eigenvalue weighted by Gasteiger charge is -2.06. The molecule has 0 amide bonds. The Bertz CT molecular complexity index is 744. The number of fused-ring (bicyclic) bond motifs is 1. The first kappa shape index (κ1) is 12.7. The third-order valence-electron chi connectivity index (χ3n) is 3.38. The van der Waals surface area contributed by atoms with E-state index in [1.165, 1.54) is 4.88 Å². The second-order valence-corrected chi connectivity index (χ2v) is 5.59. The maximum absolute atomic E-state index is 8.84. The molecule has 0 unspecified atom stereocenters. The van der Waals surface area contributed by atoms with Crippen LogP contribution in [0.4, 0.5) is 0 Å². The zero-order valence-electron chi connectivity index (χ0n) is 10.9. The van der Waals surface area contributed by atoms with E-state index >= 15 is 0 Å². The summed E-state index contributed by atoms with van der Waals surface area (Å²) in [5.41, 5.74) is 7.58. The smallest absolute Gasteiger partial charge is 0.170 e. The van der Waals surface area contributed by atoms with Crippen LogP contribution in [0.3, 0.4) is 0 Å². The lowest BCUT2D eigenvalue weighted by Crippen LogP contribution is -2.13. The Hall–Kier alpha value is -2.27. The van der Waals surface area contributed by atoms with Gasteiger partial charge in [-0.3, -0.25) is 0 Å². The predicted octanol–water partition coefficient (Wildman–Crippen LogP) is 3.04. The third-order valence-corrected chi connectivity index (χ3v) is 4.31. The van der Waals surface area contributed by atoms with Crippen molar-refractivity contribution in [3.63, 3.8) is 0 Å². The summed E-state index contributed by atoms with van der Waals surface area (Å²) in [5, 5.41) is 15.0. The molecule has 0 aliphatic heterocycles. The van der Waals surface area contributed by atoms with Crippen molar-refractivity contribution in [1.29, 1.82) is 0 Å². The van der Waals surface area contributed by atoms with E-state index in [0.29, 0.717) is 0 Å². The largest absolute Gasteiger partial charge is 0.409 e. The number of hydrogen-bond donors (Lipinski definition) is 2. The maximum atomic E-state index is 8.84. The zero-order chi connectivity index (χ0) is 13.9. The molecule has 0 saturated carbocycles. The Kier molecular flexibility index (Phi) is 3.43. The number of nitrogens with zero attached hydrogens (tertiary/aromatic N) is 2. The Labute approximate surface area is 120 Å². The van der Waals surface area contributed by atoms with Crippen LogP contribution in [0.15, 0.2) is 53.1 Å². The second-order valence-electron chi connectivity index (χ2n) is 4.56. The van der Waals surface area contributed by atoms with E-state index in [0.717, 1.165) is 29.4 Å². The van der Waals surface area contributed by atoms with Crippen LogP contribution < -0.4 is 5.73 Å². The molecule has 20 heavy (non-hydrogen) atoms. The number of aryl methyl sites for hydroxylation is 2. The minimum absolute atomic E-state index is 0.145. The summed E-state index contributed by atoms with van der Waals surface area (Å²) in [6.45, 7) is 0.920. The van der Waals surface area contributed by atoms with E-state index in [9.17, 15) is 0 Å². The van der Waals surface area contributed by atoms with Gasteiger partial charge in [0.05, 0.1) is 0 Å². The molecule has 0 aliphatic carbocycles. The molecule has 0 aliphatic rings. The van der Waals surface area contributed by atoms with E-state index < -0.39 is 0 Å². The monoisotopic (exact) mass is 285 g/mol. The van der Waals surface area contributed by atoms with Crippen LogP contribution in [-0.4, -0.2) is 15.6 Å². The summed E-state index contributed by atoms with van der Waals surface area (Å²) in [6, 6.07) is 12.1. The molecule has 3 N–H and O–H groups in total. The molecule has 2 aromatic heterocycles. The van der Waals surface area contributed by atoms with Gasteiger partial charge in [-0.2, -0.15) is 0 Å². The Morgan fingerprint density at radius 2 is 2.15 bits per heavy atom. The van der Waals surface area contributed by atoms with Gasteiger partial charge < -0.3 is 15.5 Å². The average Bonchev–Trinajstić information content (AvgIpc) is 3.13. The Morgan fingerprint density at radius 3 is 2.90 bits per heavy atom. The van der Waals surface area contributed by atoms with Gasteiger partial charge in [0.1, 0.15) is 0 Å². The number of hydrogen-bond acceptors (Lipinski definition) is 3. The van der Waals surface area contributed by atoms with Crippen molar-refractivity contribution >= 4 is 28.1 Å². The highest BCUT2D eigenvalue weighted by Gasteiger charge is 2.08. The second kappa shape index (κ2) is 5.38. The van der Waals surface area contributed by atoms with Gasteiger partial charge in [0.2, 0.25) is 0 Å². The van der Waals surface area contributed by atoms with Crippen molar-refractivity contribution in [2.75, 3.05) is 0 Å². The van der Waals surface area contributed by atoms with Gasteiger partial charge in [0.15, 0.2) is 5.84 Å². The van der Waals surface area contributed by atoms with Crippen molar-refractivity contribution in [2.24, 2.45) is 10.9 Å². The summed E-state index contributed by atoms with van der Waals surface area (Å²) < 4.78 is 2.20. The van der Waals surface area contributed by atoms with Crippen LogP contribution in [-0.2, 0) is 13.0 Å². The quantitative estimate of drug-likeness (QED) is 0.335. The molecular formula is C15H15N3OS. The summed E-state index contributed by atoms with van der Waals surface area (Å²) in [4.78, 5) is 1.37. The normalized spacial score (nSPS) is 12.1. The summed E-state index contributed by atoms with van der Waals surface area (Å²) in [6.07, 6.45) is 3.06. The molecule has 0 radical (unpaired) electrons. The highest BCUT2D eigenvalue weighted by atomic mass is 32.1. The average molecular weight is 285 g/mol. The van der Waals surface area contributed by atoms with E-state index in [2.05, 4.69) is 33.3 Å². The molecule has 5 heteroatoms. The molecule has 102 valence electrons. The van der Waals surface area contributed by atoms with E-state index in [4.69, 9.17) is 10.9 Å². The van der Waals surface area contributed by atoms with E-state index in [1.807, 2.05) is 24.4 Å². The van der Waals surface area contributed by atoms with Crippen LogP contribution in [0.1, 0.15) is 10.4 Å². The van der Waals surface area contributed by atoms with E-state index in [1.54, 1.807) is 11.3 Å². The minimum Gasteiger partial charge on any atom is -0.409 e. The summed E-state index contributed by atoms with van der Waals surface area (Å²) in [7, 11) is 0. The highest BCUT2D eigenvalue weighted by molar-refractivity contribution is 7.09. The van der Waals surface area contributed by atoms with Crippen molar-refractivity contribution in [2.45, 2.75) is 13.0 Å². The molecule has 1 aromatic carbocycles. The molecule has 0 bridgehead atoms. The van der Waals surface area contributed by atoms with Crippen LogP contribution in [0.25, 0.3) is 10.9 Å². The topological polar surface area (TPSA) is 63.5 Å². The number of amidine groups is 1. The number of benzene rings is 1. The molecule has 2 heterocycles. The molecule has 4 nitrogen and oxygen atoms in total. The number of nitrogens with two attached hydrogens (primary N) is 1. The van der Waals surface area contributed by atoms with Gasteiger partial charge in [-0.25, -0.2) is 0 Å². The fourth-order valence-corrected chi connectivity index (χ4v) is 3.08. The highest BCUT2D eigenvalue weighted by Crippen LogP contribution is 2.21. The fraction of sp³-hybridized carbons (Fsp3) is 0.133. The number of aromatic nitrogens is 1. The standard InChI is InChI=1S/C15H15N3OS/c16-15(17-19)13-4-1-5-14-12(13)7-9-18(14)8-6-11-3-2-10-20-11/h1-5,7,9-10,19H,6,8H2,(H2,16,17). The molecule has 0 saturated heterocycles. The molecule has 0 atom stereocenters. The van der Waals surface area contributed by atoms with Gasteiger partial charge >= 0.3 is 0 Å². The van der Waals surface area contributed by atoms with Crippen molar-refractivity contribution in [1.82, 2.24) is 4.57 Å². The number of thiophene rings is 1. The molecule has 3 rings (SSSR count). The summed E-state index contributed by atoms with van der Waals surface area (Å²) >= 11 is 1.78. The first-order valence-corrected chi connectivity index (χ1v) is 7.25. The number of oxime groups is 1. The fourth-order valence-electron chi connectivity index (χ4n) is 2.38. The first-order valence-electron chi connectivity index (χ1n) is 6.38. The van der Waals surface area contributed by atoms with Crippen LogP contribution in [0.5, 0.6) is 0 Å². The molecule has 3 aromatic rings. The van der Waals surface area contributed by atoms with Gasteiger partial charge in [0, 0.05) is 34.1 Å². The SMILES string of the molecule is N/C(=N/O)c1cccc2c1ccn2CCc1cccs1. The molecular weight excluding hydrogens is 270 g/mol. The minimum atomic E-state index is 0.145. The van der Waals surface area contributed by atoms with E-state index in [-0.39, 0.29) is 5.84 Å². The summed E-state index contributed by atoms with van der Waals surface area (Å²) in [5.74, 6) is 0.145. The molecule has 0 fully saturated rings. The first-order chi connectivity index (χ1) is 9.79. The molecule has 0 spiro atoms. The zero-order valence-corrected chi connectivity index (χ0v) is 11.7. The van der Waals surface area contributed by atoms with Gasteiger partial charge in [-0.15, -0.1) is 11.3 Å². The Balaban J connectivity index is 1.93. The van der Waals surface area contributed by atoms with Gasteiger partial charge in [-0.1, -0.05) is 23.4 Å².